The number of amides is 4. The average Bonchev–Trinajstić information content (AvgIpc) is 2.84. The van der Waals surface area contributed by atoms with Gasteiger partial charge in [0.15, 0.2) is 0 Å². The molecular formula is C18H21N3O4. The van der Waals surface area contributed by atoms with E-state index >= 15 is 0 Å². The van der Waals surface area contributed by atoms with E-state index in [9.17, 15) is 19.2 Å². The van der Waals surface area contributed by atoms with Crippen molar-refractivity contribution >= 4 is 23.6 Å². The molecule has 1 aromatic rings. The molecule has 7 nitrogen and oxygen atoms in total. The van der Waals surface area contributed by atoms with Crippen LogP contribution in [0.25, 0.3) is 0 Å². The number of imide groups is 1. The van der Waals surface area contributed by atoms with E-state index in [2.05, 4.69) is 5.32 Å². The Kier molecular flexibility index (Phi) is 4.83. The number of carbonyl (C=O) groups excluding carboxylic acids is 4. The highest BCUT2D eigenvalue weighted by molar-refractivity contribution is 6.21. The van der Waals surface area contributed by atoms with Gasteiger partial charge in [0.2, 0.25) is 11.8 Å². The predicted molar refractivity (Wildman–Crippen MR) is 89.8 cm³/mol. The first-order chi connectivity index (χ1) is 12.0. The molecular weight excluding hydrogens is 322 g/mol. The normalized spacial score (nSPS) is 17.6. The van der Waals surface area contributed by atoms with Gasteiger partial charge < -0.3 is 10.2 Å². The summed E-state index contributed by atoms with van der Waals surface area (Å²) in [4.78, 5) is 50.9. The van der Waals surface area contributed by atoms with Crippen LogP contribution in [0.4, 0.5) is 0 Å². The Labute approximate surface area is 146 Å². The van der Waals surface area contributed by atoms with Gasteiger partial charge in [-0.3, -0.25) is 24.1 Å². The van der Waals surface area contributed by atoms with Gasteiger partial charge in [-0.15, -0.1) is 0 Å². The number of carbonyl (C=O) groups is 4. The summed E-state index contributed by atoms with van der Waals surface area (Å²) in [5.74, 6) is -0.802. The molecule has 0 saturated carbocycles. The van der Waals surface area contributed by atoms with Crippen LogP contribution in [-0.2, 0) is 9.59 Å². The molecule has 25 heavy (non-hydrogen) atoms. The highest BCUT2D eigenvalue weighted by Crippen LogP contribution is 2.22. The summed E-state index contributed by atoms with van der Waals surface area (Å²) in [6.45, 7) is 2.73. The number of nitrogens with one attached hydrogen (secondary N) is 1. The Balaban J connectivity index is 1.51. The molecule has 2 aliphatic rings. The van der Waals surface area contributed by atoms with E-state index in [4.69, 9.17) is 0 Å². The molecule has 1 N–H and O–H groups in total. The van der Waals surface area contributed by atoms with Crippen LogP contribution in [-0.4, -0.2) is 59.1 Å². The van der Waals surface area contributed by atoms with Crippen molar-refractivity contribution in [3.8, 4) is 0 Å². The molecule has 0 bridgehead atoms. The molecule has 3 rings (SSSR count). The van der Waals surface area contributed by atoms with Crippen molar-refractivity contribution in [1.29, 1.82) is 0 Å². The third kappa shape index (κ3) is 3.55. The first-order valence-corrected chi connectivity index (χ1v) is 8.47. The molecule has 1 saturated heterocycles. The second kappa shape index (κ2) is 7.04. The molecule has 2 heterocycles. The first kappa shape index (κ1) is 17.1. The van der Waals surface area contributed by atoms with Crippen molar-refractivity contribution < 1.29 is 19.2 Å². The fourth-order valence-electron chi connectivity index (χ4n) is 3.37. The lowest BCUT2D eigenvalue weighted by molar-refractivity contribution is -0.132. The van der Waals surface area contributed by atoms with Gasteiger partial charge in [0.1, 0.15) is 0 Å². The van der Waals surface area contributed by atoms with Gasteiger partial charge in [0.25, 0.3) is 11.8 Å². The van der Waals surface area contributed by atoms with Gasteiger partial charge in [-0.1, -0.05) is 12.1 Å². The summed E-state index contributed by atoms with van der Waals surface area (Å²) in [7, 11) is 0. The standard InChI is InChI=1S/C18H21N3O4/c1-12(22)19-13-6-9-20(10-7-13)16(23)8-11-21-17(24)14-4-2-3-5-15(14)18(21)25/h2-5,13H,6-11H2,1H3,(H,19,22). The summed E-state index contributed by atoms with van der Waals surface area (Å²) in [5.41, 5.74) is 0.798. The zero-order chi connectivity index (χ0) is 18.0. The van der Waals surface area contributed by atoms with Crippen molar-refractivity contribution in [3.05, 3.63) is 35.4 Å². The first-order valence-electron chi connectivity index (χ1n) is 8.47. The highest BCUT2D eigenvalue weighted by Gasteiger charge is 2.35. The fourth-order valence-corrected chi connectivity index (χ4v) is 3.37. The summed E-state index contributed by atoms with van der Waals surface area (Å²) in [6.07, 6.45) is 1.56. The quantitative estimate of drug-likeness (QED) is 0.819. The molecule has 1 aromatic carbocycles. The Morgan fingerprint density at radius 3 is 2.16 bits per heavy atom. The Hall–Kier alpha value is -2.70. The molecule has 132 valence electrons. The molecule has 7 heteroatoms. The minimum Gasteiger partial charge on any atom is -0.353 e. The van der Waals surface area contributed by atoms with Crippen LogP contribution in [0, 0.1) is 0 Å². The lowest BCUT2D eigenvalue weighted by Crippen LogP contribution is -2.46. The largest absolute Gasteiger partial charge is 0.353 e. The molecule has 0 radical (unpaired) electrons. The Morgan fingerprint density at radius 1 is 1.08 bits per heavy atom. The van der Waals surface area contributed by atoms with Gasteiger partial charge >= 0.3 is 0 Å². The second-order valence-corrected chi connectivity index (χ2v) is 6.41. The monoisotopic (exact) mass is 343 g/mol. The van der Waals surface area contributed by atoms with Crippen molar-refractivity contribution in [2.75, 3.05) is 19.6 Å². The minimum absolute atomic E-state index is 0.0598. The lowest BCUT2D eigenvalue weighted by atomic mass is 10.0. The predicted octanol–water partition coefficient (Wildman–Crippen LogP) is 0.800. The number of fused-ring (bicyclic) bond motifs is 1. The zero-order valence-corrected chi connectivity index (χ0v) is 14.2. The molecule has 0 unspecified atom stereocenters. The maximum absolute atomic E-state index is 12.4. The van der Waals surface area contributed by atoms with E-state index in [-0.39, 0.29) is 42.6 Å². The van der Waals surface area contributed by atoms with Gasteiger partial charge in [-0.2, -0.15) is 0 Å². The molecule has 0 spiro atoms. The maximum atomic E-state index is 12.4. The number of likely N-dealkylation sites (tertiary alicyclic amines) is 1. The van der Waals surface area contributed by atoms with Crippen molar-refractivity contribution in [1.82, 2.24) is 15.1 Å². The molecule has 0 aromatic heterocycles. The number of hydrogen-bond donors (Lipinski definition) is 1. The molecule has 0 aliphatic carbocycles. The zero-order valence-electron chi connectivity index (χ0n) is 14.2. The van der Waals surface area contributed by atoms with Crippen LogP contribution in [0.3, 0.4) is 0 Å². The lowest BCUT2D eigenvalue weighted by Gasteiger charge is -2.32. The fraction of sp³-hybridized carbons (Fsp3) is 0.444. The van der Waals surface area contributed by atoms with Crippen molar-refractivity contribution in [2.24, 2.45) is 0 Å². The molecule has 1 fully saturated rings. The number of nitrogens with zero attached hydrogens (tertiary/aromatic N) is 2. The molecule has 2 aliphatic heterocycles. The van der Waals surface area contributed by atoms with Crippen molar-refractivity contribution in [2.45, 2.75) is 32.2 Å². The van der Waals surface area contributed by atoms with E-state index < -0.39 is 0 Å². The van der Waals surface area contributed by atoms with Gasteiger partial charge in [0, 0.05) is 39.0 Å². The van der Waals surface area contributed by atoms with Crippen LogP contribution in [0.5, 0.6) is 0 Å². The Bertz CT molecular complexity index is 688. The smallest absolute Gasteiger partial charge is 0.261 e. The van der Waals surface area contributed by atoms with E-state index in [0.717, 1.165) is 17.7 Å². The average molecular weight is 343 g/mol. The van der Waals surface area contributed by atoms with E-state index in [1.165, 1.54) is 6.92 Å². The maximum Gasteiger partial charge on any atom is 0.261 e. The van der Waals surface area contributed by atoms with Gasteiger partial charge in [-0.25, -0.2) is 0 Å². The summed E-state index contributed by atoms with van der Waals surface area (Å²) in [5, 5.41) is 2.87. The summed E-state index contributed by atoms with van der Waals surface area (Å²) < 4.78 is 0. The van der Waals surface area contributed by atoms with Crippen LogP contribution in [0.15, 0.2) is 24.3 Å². The molecule has 4 amide bonds. The van der Waals surface area contributed by atoms with Gasteiger partial charge in [-0.05, 0) is 25.0 Å². The molecule has 0 atom stereocenters. The minimum atomic E-state index is -0.335. The summed E-state index contributed by atoms with van der Waals surface area (Å²) >= 11 is 0. The van der Waals surface area contributed by atoms with Crippen LogP contribution in [0.2, 0.25) is 0 Å². The SMILES string of the molecule is CC(=O)NC1CCN(C(=O)CCN2C(=O)c3ccccc3C2=O)CC1. The number of benzene rings is 1. The highest BCUT2D eigenvalue weighted by atomic mass is 16.2. The van der Waals surface area contributed by atoms with E-state index in [1.807, 2.05) is 0 Å². The van der Waals surface area contributed by atoms with Gasteiger partial charge in [0.05, 0.1) is 11.1 Å². The van der Waals surface area contributed by atoms with Crippen LogP contribution < -0.4 is 5.32 Å². The van der Waals surface area contributed by atoms with E-state index in [1.54, 1.807) is 29.2 Å². The second-order valence-electron chi connectivity index (χ2n) is 6.41. The Morgan fingerprint density at radius 2 is 1.64 bits per heavy atom. The third-order valence-corrected chi connectivity index (χ3v) is 4.68. The van der Waals surface area contributed by atoms with Crippen LogP contribution >= 0.6 is 0 Å². The summed E-state index contributed by atoms with van der Waals surface area (Å²) in [6, 6.07) is 6.81. The topological polar surface area (TPSA) is 86.8 Å². The van der Waals surface area contributed by atoms with Crippen LogP contribution in [0.1, 0.15) is 46.9 Å². The van der Waals surface area contributed by atoms with E-state index in [0.29, 0.717) is 24.2 Å². The number of piperidine rings is 1. The number of rotatable bonds is 4. The number of hydrogen-bond acceptors (Lipinski definition) is 4. The van der Waals surface area contributed by atoms with Crippen molar-refractivity contribution in [3.63, 3.8) is 0 Å². The third-order valence-electron chi connectivity index (χ3n) is 4.68.